The van der Waals surface area contributed by atoms with E-state index >= 15 is 0 Å². The van der Waals surface area contributed by atoms with Crippen LogP contribution in [-0.2, 0) is 17.8 Å². The van der Waals surface area contributed by atoms with Crippen LogP contribution in [0.15, 0.2) is 42.5 Å². The number of carbonyl (C=O) groups excluding carboxylic acids is 1. The van der Waals surface area contributed by atoms with Crippen molar-refractivity contribution in [2.24, 2.45) is 0 Å². The third kappa shape index (κ3) is 4.81. The Labute approximate surface area is 171 Å². The van der Waals surface area contributed by atoms with Crippen molar-refractivity contribution in [2.75, 3.05) is 5.32 Å². The van der Waals surface area contributed by atoms with Crippen molar-refractivity contribution in [3.05, 3.63) is 81.4 Å². The van der Waals surface area contributed by atoms with Crippen LogP contribution in [0.25, 0.3) is 0 Å². The largest absolute Gasteiger partial charge is 0.481 e. The molecular weight excluding hydrogens is 397 g/mol. The second-order valence-electron chi connectivity index (χ2n) is 6.66. The minimum absolute atomic E-state index is 0.0645. The number of aliphatic carboxylic acids is 1. The summed E-state index contributed by atoms with van der Waals surface area (Å²) in [6.45, 7) is 4.09. The fourth-order valence-corrected chi connectivity index (χ4v) is 3.19. The molecule has 8 heteroatoms. The Hall–Kier alpha value is -3.19. The molecule has 3 rings (SSSR count). The first-order valence-electron chi connectivity index (χ1n) is 8.84. The van der Waals surface area contributed by atoms with Crippen molar-refractivity contribution in [1.82, 2.24) is 9.78 Å². The molecule has 0 bridgehead atoms. The second kappa shape index (κ2) is 8.45. The predicted molar refractivity (Wildman–Crippen MR) is 108 cm³/mol. The molecule has 1 amide bonds. The van der Waals surface area contributed by atoms with Gasteiger partial charge in [0.1, 0.15) is 5.82 Å². The Bertz CT molecular complexity index is 1080. The highest BCUT2D eigenvalue weighted by Crippen LogP contribution is 2.20. The number of nitrogens with one attached hydrogen (secondary N) is 1. The smallest absolute Gasteiger partial charge is 0.307 e. The Morgan fingerprint density at radius 3 is 2.48 bits per heavy atom. The molecule has 3 aromatic rings. The van der Waals surface area contributed by atoms with Gasteiger partial charge in [-0.25, -0.2) is 4.39 Å². The molecule has 0 spiro atoms. The van der Waals surface area contributed by atoms with E-state index in [2.05, 4.69) is 10.4 Å². The van der Waals surface area contributed by atoms with Crippen LogP contribution >= 0.6 is 11.6 Å². The van der Waals surface area contributed by atoms with Crippen LogP contribution in [0.2, 0.25) is 5.02 Å². The molecule has 6 nitrogen and oxygen atoms in total. The highest BCUT2D eigenvalue weighted by atomic mass is 35.5. The van der Waals surface area contributed by atoms with Gasteiger partial charge in [-0.05, 0) is 49.7 Å². The maximum Gasteiger partial charge on any atom is 0.307 e. The fraction of sp³-hybridized carbons (Fsp3) is 0.190. The number of amides is 1. The summed E-state index contributed by atoms with van der Waals surface area (Å²) in [5.74, 6) is -1.78. The lowest BCUT2D eigenvalue weighted by Gasteiger charge is -2.08. The van der Waals surface area contributed by atoms with Crippen LogP contribution in [-0.4, -0.2) is 26.8 Å². The van der Waals surface area contributed by atoms with Crippen LogP contribution < -0.4 is 5.32 Å². The quantitative estimate of drug-likeness (QED) is 0.631. The zero-order valence-electron chi connectivity index (χ0n) is 15.9. The van der Waals surface area contributed by atoms with Gasteiger partial charge in [0.2, 0.25) is 0 Å². The summed E-state index contributed by atoms with van der Waals surface area (Å²) in [6.07, 6.45) is -0.0653. The average molecular weight is 416 g/mol. The standard InChI is InChI=1S/C21H19ClFN3O3/c1-12-17(10-20(27)28)13(2)26(25-12)11-14-3-5-15(6-4-14)21(29)24-16-7-8-19(23)18(22)9-16/h3-9H,10-11H2,1-2H3,(H,24,29)(H,27,28). The Morgan fingerprint density at radius 1 is 1.17 bits per heavy atom. The number of hydrogen-bond donors (Lipinski definition) is 2. The van der Waals surface area contributed by atoms with Crippen molar-refractivity contribution in [3.8, 4) is 0 Å². The number of carbonyl (C=O) groups is 2. The average Bonchev–Trinajstić information content (AvgIpc) is 2.92. The minimum Gasteiger partial charge on any atom is -0.481 e. The zero-order valence-corrected chi connectivity index (χ0v) is 16.6. The van der Waals surface area contributed by atoms with Crippen molar-refractivity contribution in [2.45, 2.75) is 26.8 Å². The molecular formula is C21H19ClFN3O3. The summed E-state index contributed by atoms with van der Waals surface area (Å²) in [5.41, 5.74) is 3.97. The molecule has 1 aromatic heterocycles. The normalized spacial score (nSPS) is 10.8. The van der Waals surface area contributed by atoms with Gasteiger partial charge in [-0.1, -0.05) is 23.7 Å². The van der Waals surface area contributed by atoms with Gasteiger partial charge >= 0.3 is 5.97 Å². The van der Waals surface area contributed by atoms with E-state index in [9.17, 15) is 14.0 Å². The molecule has 150 valence electrons. The van der Waals surface area contributed by atoms with E-state index in [1.54, 1.807) is 35.9 Å². The van der Waals surface area contributed by atoms with Crippen LogP contribution in [0, 0.1) is 19.7 Å². The summed E-state index contributed by atoms with van der Waals surface area (Å²) in [4.78, 5) is 23.4. The van der Waals surface area contributed by atoms with Gasteiger partial charge in [-0.3, -0.25) is 14.3 Å². The number of carboxylic acid groups (broad SMARTS) is 1. The number of halogens is 2. The van der Waals surface area contributed by atoms with E-state index in [0.29, 0.717) is 29.1 Å². The number of nitrogens with zero attached hydrogens (tertiary/aromatic N) is 2. The third-order valence-electron chi connectivity index (χ3n) is 4.59. The molecule has 0 aliphatic carbocycles. The zero-order chi connectivity index (χ0) is 21.1. The molecule has 29 heavy (non-hydrogen) atoms. The van der Waals surface area contributed by atoms with E-state index in [1.807, 2.05) is 6.92 Å². The molecule has 0 aliphatic heterocycles. The SMILES string of the molecule is Cc1nn(Cc2ccc(C(=O)Nc3ccc(F)c(Cl)c3)cc2)c(C)c1CC(=O)O. The Balaban J connectivity index is 1.71. The van der Waals surface area contributed by atoms with E-state index in [1.165, 1.54) is 18.2 Å². The number of rotatable bonds is 6. The van der Waals surface area contributed by atoms with Gasteiger partial charge in [0, 0.05) is 22.5 Å². The van der Waals surface area contributed by atoms with Crippen LogP contribution in [0.3, 0.4) is 0 Å². The van der Waals surface area contributed by atoms with Gasteiger partial charge in [0.05, 0.1) is 23.7 Å². The van der Waals surface area contributed by atoms with Crippen molar-refractivity contribution >= 4 is 29.2 Å². The fourth-order valence-electron chi connectivity index (χ4n) is 3.01. The van der Waals surface area contributed by atoms with Gasteiger partial charge in [-0.2, -0.15) is 5.10 Å². The highest BCUT2D eigenvalue weighted by Gasteiger charge is 2.15. The van der Waals surface area contributed by atoms with Gasteiger partial charge in [0.25, 0.3) is 5.91 Å². The monoisotopic (exact) mass is 415 g/mol. The predicted octanol–water partition coefficient (Wildman–Crippen LogP) is 4.22. The van der Waals surface area contributed by atoms with Gasteiger partial charge in [0.15, 0.2) is 0 Å². The molecule has 0 atom stereocenters. The molecule has 0 unspecified atom stereocenters. The third-order valence-corrected chi connectivity index (χ3v) is 4.87. The lowest BCUT2D eigenvalue weighted by molar-refractivity contribution is -0.136. The lowest BCUT2D eigenvalue weighted by Crippen LogP contribution is -2.12. The van der Waals surface area contributed by atoms with Gasteiger partial charge < -0.3 is 10.4 Å². The molecule has 0 saturated heterocycles. The summed E-state index contributed by atoms with van der Waals surface area (Å²) < 4.78 is 15.0. The molecule has 0 radical (unpaired) electrons. The highest BCUT2D eigenvalue weighted by molar-refractivity contribution is 6.31. The maximum atomic E-state index is 13.2. The summed E-state index contributed by atoms with van der Waals surface area (Å²) in [5, 5.41) is 16.1. The lowest BCUT2D eigenvalue weighted by atomic mass is 10.1. The van der Waals surface area contributed by atoms with Crippen molar-refractivity contribution in [1.29, 1.82) is 0 Å². The van der Waals surface area contributed by atoms with Crippen LogP contribution in [0.4, 0.5) is 10.1 Å². The van der Waals surface area contributed by atoms with E-state index in [-0.39, 0.29) is 17.4 Å². The second-order valence-corrected chi connectivity index (χ2v) is 7.06. The number of aromatic nitrogens is 2. The van der Waals surface area contributed by atoms with Crippen LogP contribution in [0.1, 0.15) is 32.9 Å². The maximum absolute atomic E-state index is 13.2. The van der Waals surface area contributed by atoms with E-state index < -0.39 is 11.8 Å². The number of hydrogen-bond acceptors (Lipinski definition) is 3. The number of anilines is 1. The van der Waals surface area contributed by atoms with E-state index in [0.717, 1.165) is 11.3 Å². The molecule has 1 heterocycles. The number of carboxylic acids is 1. The Morgan fingerprint density at radius 2 is 1.86 bits per heavy atom. The first-order chi connectivity index (χ1) is 13.7. The number of benzene rings is 2. The first-order valence-corrected chi connectivity index (χ1v) is 9.22. The first kappa shape index (κ1) is 20.5. The topological polar surface area (TPSA) is 84.2 Å². The van der Waals surface area contributed by atoms with E-state index in [4.69, 9.17) is 16.7 Å². The Kier molecular flexibility index (Phi) is 5.98. The van der Waals surface area contributed by atoms with Crippen molar-refractivity contribution < 1.29 is 19.1 Å². The molecule has 2 aromatic carbocycles. The molecule has 2 N–H and O–H groups in total. The summed E-state index contributed by atoms with van der Waals surface area (Å²) >= 11 is 5.73. The van der Waals surface area contributed by atoms with Crippen LogP contribution in [0.5, 0.6) is 0 Å². The summed E-state index contributed by atoms with van der Waals surface area (Å²) in [6, 6.07) is 10.9. The van der Waals surface area contributed by atoms with Crippen molar-refractivity contribution in [3.63, 3.8) is 0 Å². The number of aryl methyl sites for hydroxylation is 1. The molecule has 0 aliphatic rings. The summed E-state index contributed by atoms with van der Waals surface area (Å²) in [7, 11) is 0. The minimum atomic E-state index is -0.895. The molecule has 0 fully saturated rings. The molecule has 0 saturated carbocycles. The van der Waals surface area contributed by atoms with Gasteiger partial charge in [-0.15, -0.1) is 0 Å².